The highest BCUT2D eigenvalue weighted by Crippen LogP contribution is 2.49. The van der Waals surface area contributed by atoms with E-state index >= 15 is 0 Å². The molecule has 0 radical (unpaired) electrons. The normalized spacial score (nSPS) is 22.6. The van der Waals surface area contributed by atoms with Crippen LogP contribution in [0, 0.1) is 17.8 Å². The Morgan fingerprint density at radius 1 is 1.06 bits per heavy atom. The number of sulfonamides is 1. The zero-order valence-corrected chi connectivity index (χ0v) is 20.6. The van der Waals surface area contributed by atoms with Crippen molar-refractivity contribution in [1.29, 1.82) is 0 Å². The van der Waals surface area contributed by atoms with Gasteiger partial charge in [-0.25, -0.2) is 13.1 Å². The summed E-state index contributed by atoms with van der Waals surface area (Å²) in [7, 11) is -0.530. The quantitative estimate of drug-likeness (QED) is 0.513. The van der Waals surface area contributed by atoms with Crippen LogP contribution < -0.4 is 19.5 Å². The first-order valence-electron chi connectivity index (χ1n) is 11.6. The lowest BCUT2D eigenvalue weighted by molar-refractivity contribution is -0.111. The Morgan fingerprint density at radius 3 is 2.44 bits per heavy atom. The van der Waals surface area contributed by atoms with Crippen molar-refractivity contribution in [2.24, 2.45) is 17.8 Å². The standard InChI is InChI=1S/C26H32N2O5S/c1-17(23-16-18-7-8-20(23)15-18)28-34(30,31)22-12-10-21(11-13-22)27-25(29)14-9-19-5-4-6-24(32-2)26(19)33-3/h4-6,9-14,17-18,20,23,28H,7-8,15-16H2,1-3H3,(H,27,29)/b14-9+/t17-,18-,20-,23-/m1/s1. The Kier molecular flexibility index (Phi) is 7.28. The predicted octanol–water partition coefficient (Wildman–Crippen LogP) is 4.46. The molecule has 0 aliphatic heterocycles. The highest BCUT2D eigenvalue weighted by molar-refractivity contribution is 7.89. The van der Waals surface area contributed by atoms with Crippen molar-refractivity contribution in [2.75, 3.05) is 19.5 Å². The molecule has 2 bridgehead atoms. The summed E-state index contributed by atoms with van der Waals surface area (Å²) >= 11 is 0. The van der Waals surface area contributed by atoms with Gasteiger partial charge in [0, 0.05) is 23.4 Å². The van der Waals surface area contributed by atoms with Gasteiger partial charge in [-0.3, -0.25) is 4.79 Å². The zero-order chi connectivity index (χ0) is 24.3. The number of hydrogen-bond donors (Lipinski definition) is 2. The number of carbonyl (C=O) groups excluding carboxylic acids is 1. The van der Waals surface area contributed by atoms with E-state index < -0.39 is 10.0 Å². The Labute approximate surface area is 201 Å². The number of para-hydroxylation sites is 1. The van der Waals surface area contributed by atoms with Crippen molar-refractivity contribution in [1.82, 2.24) is 4.72 Å². The Balaban J connectivity index is 1.37. The third-order valence-electron chi connectivity index (χ3n) is 7.06. The van der Waals surface area contributed by atoms with E-state index in [2.05, 4.69) is 10.0 Å². The summed E-state index contributed by atoms with van der Waals surface area (Å²) in [5, 5.41) is 2.75. The topological polar surface area (TPSA) is 93.7 Å². The van der Waals surface area contributed by atoms with Gasteiger partial charge in [0.2, 0.25) is 15.9 Å². The highest BCUT2D eigenvalue weighted by atomic mass is 32.2. The number of carbonyl (C=O) groups is 1. The van der Waals surface area contributed by atoms with E-state index in [-0.39, 0.29) is 16.8 Å². The van der Waals surface area contributed by atoms with Gasteiger partial charge in [-0.15, -0.1) is 0 Å². The van der Waals surface area contributed by atoms with Crippen LogP contribution in [0.2, 0.25) is 0 Å². The van der Waals surface area contributed by atoms with E-state index in [0.29, 0.717) is 34.6 Å². The maximum absolute atomic E-state index is 12.9. The zero-order valence-electron chi connectivity index (χ0n) is 19.8. The third kappa shape index (κ3) is 5.28. The first-order chi connectivity index (χ1) is 16.3. The van der Waals surface area contributed by atoms with Crippen LogP contribution in [0.1, 0.15) is 38.2 Å². The molecule has 0 aromatic heterocycles. The summed E-state index contributed by atoms with van der Waals surface area (Å²) in [6.07, 6.45) is 7.89. The highest BCUT2D eigenvalue weighted by Gasteiger charge is 2.42. The number of ether oxygens (including phenoxy) is 2. The second-order valence-electron chi connectivity index (χ2n) is 9.18. The van der Waals surface area contributed by atoms with E-state index in [1.165, 1.54) is 44.6 Å². The second-order valence-corrected chi connectivity index (χ2v) is 10.9. The van der Waals surface area contributed by atoms with Gasteiger partial charge in [-0.2, -0.15) is 0 Å². The first kappa shape index (κ1) is 24.3. The minimum absolute atomic E-state index is 0.0848. The first-order valence-corrected chi connectivity index (χ1v) is 13.1. The molecule has 8 heteroatoms. The van der Waals surface area contributed by atoms with Gasteiger partial charge in [0.25, 0.3) is 0 Å². The summed E-state index contributed by atoms with van der Waals surface area (Å²) in [5.41, 5.74) is 1.21. The van der Waals surface area contributed by atoms with E-state index in [4.69, 9.17) is 9.47 Å². The summed E-state index contributed by atoms with van der Waals surface area (Å²) in [4.78, 5) is 12.6. The number of nitrogens with one attached hydrogen (secondary N) is 2. The van der Waals surface area contributed by atoms with Crippen molar-refractivity contribution in [3.8, 4) is 11.5 Å². The van der Waals surface area contributed by atoms with Crippen LogP contribution in [-0.2, 0) is 14.8 Å². The fourth-order valence-electron chi connectivity index (χ4n) is 5.42. The fraction of sp³-hybridized carbons (Fsp3) is 0.423. The molecular formula is C26H32N2O5S. The molecule has 4 atom stereocenters. The number of rotatable bonds is 9. The molecule has 0 heterocycles. The van der Waals surface area contributed by atoms with Crippen LogP contribution in [0.5, 0.6) is 11.5 Å². The van der Waals surface area contributed by atoms with Gasteiger partial charge in [-0.1, -0.05) is 18.6 Å². The molecule has 4 rings (SSSR count). The number of hydrogen-bond acceptors (Lipinski definition) is 5. The second kappa shape index (κ2) is 10.2. The molecule has 2 fully saturated rings. The van der Waals surface area contributed by atoms with Crippen LogP contribution in [0.15, 0.2) is 53.4 Å². The molecule has 2 saturated carbocycles. The average molecular weight is 485 g/mol. The molecule has 34 heavy (non-hydrogen) atoms. The number of benzene rings is 2. The van der Waals surface area contributed by atoms with Crippen molar-refractivity contribution >= 4 is 27.7 Å². The molecule has 182 valence electrons. The predicted molar refractivity (Wildman–Crippen MR) is 132 cm³/mol. The van der Waals surface area contributed by atoms with E-state index in [9.17, 15) is 13.2 Å². The van der Waals surface area contributed by atoms with E-state index in [1.807, 2.05) is 19.1 Å². The molecular weight excluding hydrogens is 452 g/mol. The molecule has 2 N–H and O–H groups in total. The number of fused-ring (bicyclic) bond motifs is 2. The molecule has 0 saturated heterocycles. The lowest BCUT2D eigenvalue weighted by Crippen LogP contribution is -2.40. The molecule has 2 aromatic carbocycles. The van der Waals surface area contributed by atoms with Gasteiger partial charge in [0.15, 0.2) is 11.5 Å². The van der Waals surface area contributed by atoms with E-state index in [0.717, 1.165) is 12.3 Å². The van der Waals surface area contributed by atoms with Crippen LogP contribution in [0.4, 0.5) is 5.69 Å². The lowest BCUT2D eigenvalue weighted by atomic mass is 9.84. The largest absolute Gasteiger partial charge is 0.493 e. The summed E-state index contributed by atoms with van der Waals surface area (Å²) < 4.78 is 39.3. The van der Waals surface area contributed by atoms with Gasteiger partial charge in [-0.05, 0) is 80.3 Å². The Morgan fingerprint density at radius 2 is 1.82 bits per heavy atom. The minimum Gasteiger partial charge on any atom is -0.493 e. The molecule has 2 aliphatic carbocycles. The Hall–Kier alpha value is -2.84. The van der Waals surface area contributed by atoms with Gasteiger partial charge >= 0.3 is 0 Å². The maximum atomic E-state index is 12.9. The minimum atomic E-state index is -3.62. The summed E-state index contributed by atoms with van der Waals surface area (Å²) in [5.74, 6) is 2.60. The van der Waals surface area contributed by atoms with Crippen LogP contribution in [0.25, 0.3) is 6.08 Å². The van der Waals surface area contributed by atoms with E-state index in [1.54, 1.807) is 31.4 Å². The SMILES string of the molecule is COc1cccc(/C=C/C(=O)Nc2ccc(S(=O)(=O)N[C@H](C)[C@H]3C[C@@H]4CC[C@@H]3C4)cc2)c1OC. The molecule has 0 unspecified atom stereocenters. The molecule has 7 nitrogen and oxygen atoms in total. The van der Waals surface area contributed by atoms with Crippen LogP contribution >= 0.6 is 0 Å². The average Bonchev–Trinajstić information content (AvgIpc) is 3.46. The van der Waals surface area contributed by atoms with Crippen molar-refractivity contribution in [3.05, 3.63) is 54.1 Å². The molecule has 2 aliphatic rings. The number of methoxy groups -OCH3 is 2. The van der Waals surface area contributed by atoms with Crippen molar-refractivity contribution in [2.45, 2.75) is 43.5 Å². The lowest BCUT2D eigenvalue weighted by Gasteiger charge is -2.28. The molecule has 1 amide bonds. The monoisotopic (exact) mass is 484 g/mol. The van der Waals surface area contributed by atoms with Gasteiger partial charge in [0.05, 0.1) is 19.1 Å². The fourth-order valence-corrected chi connectivity index (χ4v) is 6.71. The molecule has 0 spiro atoms. The van der Waals surface area contributed by atoms with Crippen molar-refractivity contribution < 1.29 is 22.7 Å². The smallest absolute Gasteiger partial charge is 0.248 e. The van der Waals surface area contributed by atoms with Crippen LogP contribution in [-0.4, -0.2) is 34.6 Å². The van der Waals surface area contributed by atoms with Crippen LogP contribution in [0.3, 0.4) is 0 Å². The van der Waals surface area contributed by atoms with Crippen molar-refractivity contribution in [3.63, 3.8) is 0 Å². The van der Waals surface area contributed by atoms with Gasteiger partial charge in [0.1, 0.15) is 0 Å². The Bertz CT molecular complexity index is 1160. The summed E-state index contributed by atoms with van der Waals surface area (Å²) in [6, 6.07) is 11.5. The number of amides is 1. The maximum Gasteiger partial charge on any atom is 0.248 e. The summed E-state index contributed by atoms with van der Waals surface area (Å²) in [6.45, 7) is 1.97. The van der Waals surface area contributed by atoms with Gasteiger partial charge < -0.3 is 14.8 Å². The third-order valence-corrected chi connectivity index (χ3v) is 8.63. The molecule has 2 aromatic rings. The number of anilines is 1.